The highest BCUT2D eigenvalue weighted by molar-refractivity contribution is 5.93. The lowest BCUT2D eigenvalue weighted by atomic mass is 10.0. The zero-order chi connectivity index (χ0) is 24.6. The minimum atomic E-state index is -5.08. The fourth-order valence-electron chi connectivity index (χ4n) is 2.96. The van der Waals surface area contributed by atoms with E-state index in [0.29, 0.717) is 29.1 Å². The highest BCUT2D eigenvalue weighted by Gasteiger charge is 2.38. The molecule has 2 aliphatic rings. The summed E-state index contributed by atoms with van der Waals surface area (Å²) in [6.45, 7) is 2.44. The molecule has 11 heteroatoms. The first-order chi connectivity index (χ1) is 15.5. The maximum absolute atomic E-state index is 12.0. The molecule has 178 valence electrons. The number of carboxylic acid groups (broad SMARTS) is 1. The summed E-state index contributed by atoms with van der Waals surface area (Å²) in [5.74, 6) is -2.44. The topological polar surface area (TPSA) is 136 Å². The van der Waals surface area contributed by atoms with E-state index in [1.807, 2.05) is 0 Å². The summed E-state index contributed by atoms with van der Waals surface area (Å²) in [5.41, 5.74) is 8.78. The number of carboxylic acids is 1. The van der Waals surface area contributed by atoms with Gasteiger partial charge in [0.25, 0.3) is 0 Å². The summed E-state index contributed by atoms with van der Waals surface area (Å²) in [6, 6.07) is 8.41. The van der Waals surface area contributed by atoms with Crippen LogP contribution in [0.1, 0.15) is 38.2 Å². The van der Waals surface area contributed by atoms with Crippen LogP contribution in [0.15, 0.2) is 39.5 Å². The highest BCUT2D eigenvalue weighted by atomic mass is 19.4. The van der Waals surface area contributed by atoms with Crippen molar-refractivity contribution in [3.05, 3.63) is 46.1 Å². The molecule has 0 bridgehead atoms. The van der Waals surface area contributed by atoms with Crippen molar-refractivity contribution in [2.24, 2.45) is 5.73 Å². The zero-order valence-corrected chi connectivity index (χ0v) is 17.9. The summed E-state index contributed by atoms with van der Waals surface area (Å²) >= 11 is 0. The third-order valence-electron chi connectivity index (χ3n) is 4.49. The minimum absolute atomic E-state index is 0.0821. The number of anilines is 1. The summed E-state index contributed by atoms with van der Waals surface area (Å²) < 4.78 is 37.7. The predicted octanol–water partition coefficient (Wildman–Crippen LogP) is 3.95. The van der Waals surface area contributed by atoms with E-state index < -0.39 is 12.1 Å². The molecule has 0 spiro atoms. The van der Waals surface area contributed by atoms with Crippen molar-refractivity contribution in [2.45, 2.75) is 45.2 Å². The average molecular weight is 467 g/mol. The number of carbonyl (C=O) groups excluding carboxylic acids is 1. The molecule has 8 nitrogen and oxygen atoms in total. The third kappa shape index (κ3) is 7.56. The molecule has 1 aliphatic carbocycles. The molecule has 0 unspecified atom stereocenters. The number of hydrogen-bond acceptors (Lipinski definition) is 6. The van der Waals surface area contributed by atoms with Crippen molar-refractivity contribution in [2.75, 3.05) is 11.9 Å². The molecular formula is C22H24F3N3O5. The van der Waals surface area contributed by atoms with Gasteiger partial charge in [0, 0.05) is 30.8 Å². The monoisotopic (exact) mass is 467 g/mol. The normalized spacial score (nSPS) is 11.2. The fourth-order valence-corrected chi connectivity index (χ4v) is 2.96. The first-order valence-corrected chi connectivity index (χ1v) is 10.2. The Morgan fingerprint density at radius 2 is 1.88 bits per heavy atom. The maximum Gasteiger partial charge on any atom is 0.490 e. The largest absolute Gasteiger partial charge is 0.490 e. The van der Waals surface area contributed by atoms with E-state index >= 15 is 0 Å². The van der Waals surface area contributed by atoms with Gasteiger partial charge in [-0.05, 0) is 36.6 Å². The van der Waals surface area contributed by atoms with Crippen molar-refractivity contribution in [1.82, 2.24) is 4.98 Å². The van der Waals surface area contributed by atoms with Gasteiger partial charge in [-0.25, -0.2) is 9.78 Å². The Morgan fingerprint density at radius 1 is 1.18 bits per heavy atom. The van der Waals surface area contributed by atoms with Gasteiger partial charge in [0.05, 0.1) is 0 Å². The van der Waals surface area contributed by atoms with Gasteiger partial charge in [-0.2, -0.15) is 13.2 Å². The molecule has 1 aromatic rings. The van der Waals surface area contributed by atoms with Gasteiger partial charge in [-0.15, -0.1) is 0 Å². The van der Waals surface area contributed by atoms with Gasteiger partial charge in [0.15, 0.2) is 16.8 Å². The lowest BCUT2D eigenvalue weighted by Gasteiger charge is -2.12. The van der Waals surface area contributed by atoms with Crippen LogP contribution in [-0.2, 0) is 16.0 Å². The number of aryl methyl sites for hydroxylation is 1. The smallest absolute Gasteiger partial charge is 0.475 e. The molecule has 0 saturated heterocycles. The maximum atomic E-state index is 12.0. The molecular weight excluding hydrogens is 443 g/mol. The third-order valence-corrected chi connectivity index (χ3v) is 4.49. The molecule has 33 heavy (non-hydrogen) atoms. The standard InChI is InChI=1S/C20H23N3O3.C2HF3O2/c1-2-3-4-5-13-10-15(24)12-18-20(13)23-16-7-6-14(11-17(16)26-18)22-19(25)8-9-21;3-2(4,5)1(6)7/h6-7,10-12H,2-5,8-9,21H2,1H3,(H,22,25);(H,6,7). The fraction of sp³-hybridized carbons (Fsp3) is 0.364. The van der Waals surface area contributed by atoms with Gasteiger partial charge in [0.1, 0.15) is 11.2 Å². The number of halogens is 3. The van der Waals surface area contributed by atoms with Crippen molar-refractivity contribution >= 4 is 28.7 Å². The average Bonchev–Trinajstić information content (AvgIpc) is 2.72. The van der Waals surface area contributed by atoms with Crippen molar-refractivity contribution in [3.8, 4) is 11.5 Å². The highest BCUT2D eigenvalue weighted by Crippen LogP contribution is 2.29. The van der Waals surface area contributed by atoms with Crippen LogP contribution in [0.2, 0.25) is 0 Å². The summed E-state index contributed by atoms with van der Waals surface area (Å²) in [7, 11) is 0. The van der Waals surface area contributed by atoms with E-state index in [2.05, 4.69) is 17.2 Å². The second-order valence-corrected chi connectivity index (χ2v) is 7.17. The number of nitrogens with zero attached hydrogens (tertiary/aromatic N) is 1. The molecule has 1 aromatic carbocycles. The predicted molar refractivity (Wildman–Crippen MR) is 116 cm³/mol. The van der Waals surface area contributed by atoms with E-state index in [1.165, 1.54) is 6.07 Å². The van der Waals surface area contributed by atoms with E-state index in [0.717, 1.165) is 36.9 Å². The van der Waals surface area contributed by atoms with E-state index in [1.54, 1.807) is 24.3 Å². The Morgan fingerprint density at radius 3 is 2.48 bits per heavy atom. The van der Waals surface area contributed by atoms with Crippen molar-refractivity contribution < 1.29 is 32.3 Å². The molecule has 0 fully saturated rings. The molecule has 0 aromatic heterocycles. The lowest BCUT2D eigenvalue weighted by Crippen LogP contribution is -2.21. The quantitative estimate of drug-likeness (QED) is 0.354. The number of alkyl halides is 3. The number of hydrogen-bond donors (Lipinski definition) is 3. The molecule has 0 saturated carbocycles. The van der Waals surface area contributed by atoms with Crippen LogP contribution in [0.5, 0.6) is 0 Å². The summed E-state index contributed by atoms with van der Waals surface area (Å²) in [4.78, 5) is 37.3. The van der Waals surface area contributed by atoms with Crippen LogP contribution >= 0.6 is 0 Å². The van der Waals surface area contributed by atoms with E-state index in [4.69, 9.17) is 20.1 Å². The minimum Gasteiger partial charge on any atom is -0.475 e. The van der Waals surface area contributed by atoms with Crippen LogP contribution in [0.4, 0.5) is 18.9 Å². The van der Waals surface area contributed by atoms with Gasteiger partial charge >= 0.3 is 12.1 Å². The Kier molecular flexibility index (Phi) is 8.92. The Balaban J connectivity index is 0.000000479. The zero-order valence-electron chi connectivity index (χ0n) is 17.9. The Hall–Kier alpha value is -3.47. The van der Waals surface area contributed by atoms with Crippen molar-refractivity contribution in [3.63, 3.8) is 0 Å². The molecule has 1 aliphatic heterocycles. The van der Waals surface area contributed by atoms with Crippen LogP contribution in [0.25, 0.3) is 22.6 Å². The van der Waals surface area contributed by atoms with Crippen LogP contribution < -0.4 is 16.5 Å². The first kappa shape index (κ1) is 25.8. The number of unbranched alkanes of at least 4 members (excludes halogenated alkanes) is 2. The molecule has 3 rings (SSSR count). The van der Waals surface area contributed by atoms with Crippen LogP contribution in [0.3, 0.4) is 0 Å². The molecule has 1 heterocycles. The van der Waals surface area contributed by atoms with E-state index in [9.17, 15) is 22.8 Å². The molecule has 4 N–H and O–H groups in total. The number of fused-ring (bicyclic) bond motifs is 2. The second kappa shape index (κ2) is 11.4. The number of nitrogens with two attached hydrogens (primary N) is 1. The van der Waals surface area contributed by atoms with Crippen LogP contribution in [-0.4, -0.2) is 34.7 Å². The number of carbonyl (C=O) groups is 2. The van der Waals surface area contributed by atoms with Crippen LogP contribution in [0, 0.1) is 0 Å². The second-order valence-electron chi connectivity index (χ2n) is 7.17. The number of benzene rings is 2. The van der Waals surface area contributed by atoms with Crippen molar-refractivity contribution in [1.29, 1.82) is 0 Å². The van der Waals surface area contributed by atoms with Gasteiger partial charge < -0.3 is 20.6 Å². The van der Waals surface area contributed by atoms with Gasteiger partial charge in [0.2, 0.25) is 5.91 Å². The number of aliphatic carboxylic acids is 1. The number of aromatic nitrogens is 1. The molecule has 0 radical (unpaired) electrons. The Bertz CT molecular complexity index is 1140. The number of amides is 1. The van der Waals surface area contributed by atoms with E-state index in [-0.39, 0.29) is 17.8 Å². The number of rotatable bonds is 7. The number of nitrogens with one attached hydrogen (secondary N) is 1. The molecule has 0 atom stereocenters. The Labute approximate surface area is 186 Å². The van der Waals surface area contributed by atoms with Gasteiger partial charge in [-0.3, -0.25) is 9.59 Å². The molecule has 1 amide bonds. The lowest BCUT2D eigenvalue weighted by molar-refractivity contribution is -0.192. The SMILES string of the molecule is CCCCCc1cc(=O)cc2oc3cc(NC(=O)CCN)ccc3nc1-2.O=C(O)C(F)(F)F. The summed E-state index contributed by atoms with van der Waals surface area (Å²) in [5, 5.41) is 9.90. The summed E-state index contributed by atoms with van der Waals surface area (Å²) in [6.07, 6.45) is -0.774. The van der Waals surface area contributed by atoms with Gasteiger partial charge in [-0.1, -0.05) is 19.8 Å². The first-order valence-electron chi connectivity index (χ1n) is 10.2.